The van der Waals surface area contributed by atoms with Crippen molar-refractivity contribution in [1.82, 2.24) is 0 Å². The van der Waals surface area contributed by atoms with Crippen molar-refractivity contribution in [1.29, 1.82) is 0 Å². The van der Waals surface area contributed by atoms with Gasteiger partial charge in [-0.15, -0.1) is 0 Å². The highest BCUT2D eigenvalue weighted by molar-refractivity contribution is 5.71. The van der Waals surface area contributed by atoms with E-state index in [0.717, 1.165) is 89.9 Å². The van der Waals surface area contributed by atoms with Gasteiger partial charge in [-0.05, 0) is 109 Å². The van der Waals surface area contributed by atoms with Crippen LogP contribution in [0.3, 0.4) is 0 Å². The molecule has 0 saturated heterocycles. The molecular weight excluding hydrogens is 793 g/mol. The highest BCUT2D eigenvalue weighted by atomic mass is 16.6. The van der Waals surface area contributed by atoms with Crippen LogP contribution in [0, 0.1) is 0 Å². The van der Waals surface area contributed by atoms with Crippen LogP contribution in [-0.2, 0) is 28.6 Å². The second kappa shape index (κ2) is 52.7. The molecule has 0 aromatic carbocycles. The minimum absolute atomic E-state index is 0.0838. The molecule has 0 rings (SSSR count). The lowest BCUT2D eigenvalue weighted by atomic mass is 10.1. The lowest BCUT2D eigenvalue weighted by Crippen LogP contribution is -2.30. The SMILES string of the molecule is CCCCC/C=C\C/C=C\CCCCCCCCCC(=O)OCC(COC(=O)CCCCCCC/C=C\CCCCC)OC(=O)CCCCCCCCC/C=C\C/C=C\CCCCC. The summed E-state index contributed by atoms with van der Waals surface area (Å²) in [5.41, 5.74) is 0. The predicted octanol–water partition coefficient (Wildman–Crippen LogP) is 18.0. The van der Waals surface area contributed by atoms with Gasteiger partial charge in [0, 0.05) is 19.3 Å². The third-order valence-corrected chi connectivity index (χ3v) is 11.7. The van der Waals surface area contributed by atoms with Gasteiger partial charge < -0.3 is 14.2 Å². The van der Waals surface area contributed by atoms with E-state index in [-0.39, 0.29) is 31.1 Å². The zero-order chi connectivity index (χ0) is 46.5. The smallest absolute Gasteiger partial charge is 0.306 e. The second-order valence-electron chi connectivity index (χ2n) is 18.1. The van der Waals surface area contributed by atoms with Gasteiger partial charge >= 0.3 is 17.9 Å². The molecule has 0 saturated carbocycles. The molecule has 0 N–H and O–H groups in total. The van der Waals surface area contributed by atoms with Gasteiger partial charge in [0.15, 0.2) is 6.10 Å². The summed E-state index contributed by atoms with van der Waals surface area (Å²) in [6, 6.07) is 0. The lowest BCUT2D eigenvalue weighted by Gasteiger charge is -2.18. The number of hydrogen-bond donors (Lipinski definition) is 0. The molecule has 0 aliphatic rings. The molecule has 0 aromatic rings. The number of carbonyl (C=O) groups is 3. The maximum atomic E-state index is 12.8. The molecule has 0 aliphatic carbocycles. The first-order valence-electron chi connectivity index (χ1n) is 27.3. The van der Waals surface area contributed by atoms with Gasteiger partial charge in [-0.1, -0.05) is 204 Å². The molecule has 6 nitrogen and oxygen atoms in total. The largest absolute Gasteiger partial charge is 0.462 e. The van der Waals surface area contributed by atoms with Gasteiger partial charge in [-0.25, -0.2) is 0 Å². The molecule has 0 aliphatic heterocycles. The summed E-state index contributed by atoms with van der Waals surface area (Å²) in [5.74, 6) is -0.902. The average Bonchev–Trinajstić information content (AvgIpc) is 3.29. The monoisotopic (exact) mass is 895 g/mol. The second-order valence-corrected chi connectivity index (χ2v) is 18.1. The molecule has 6 heteroatoms. The Morgan fingerprint density at radius 3 is 0.875 bits per heavy atom. The van der Waals surface area contributed by atoms with Crippen LogP contribution in [0.2, 0.25) is 0 Å². The molecule has 0 spiro atoms. The maximum Gasteiger partial charge on any atom is 0.306 e. The zero-order valence-electron chi connectivity index (χ0n) is 42.3. The standard InChI is InChI=1S/C58H102O6/c1-4-7-10-13-16-19-22-25-27-29-31-33-36-39-42-45-48-51-57(60)63-54-55(53-62-56(59)50-47-44-41-38-35-24-21-18-15-12-9-6-3)64-58(61)52-49-46-43-40-37-34-32-30-28-26-23-20-17-14-11-8-5-2/h16-21,25-28,55H,4-15,22-24,29-54H2,1-3H3/b19-16-,20-17-,21-18-,27-25-,28-26-. The minimum atomic E-state index is -0.784. The number of carbonyl (C=O) groups excluding carboxylic acids is 3. The van der Waals surface area contributed by atoms with E-state index in [9.17, 15) is 14.4 Å². The van der Waals surface area contributed by atoms with E-state index >= 15 is 0 Å². The van der Waals surface area contributed by atoms with Crippen LogP contribution < -0.4 is 0 Å². The Morgan fingerprint density at radius 2 is 0.562 bits per heavy atom. The third kappa shape index (κ3) is 50.1. The fourth-order valence-corrected chi connectivity index (χ4v) is 7.56. The van der Waals surface area contributed by atoms with Crippen LogP contribution in [0.15, 0.2) is 60.8 Å². The Labute approximate surface area is 396 Å². The number of allylic oxidation sites excluding steroid dienone is 10. The Kier molecular flexibility index (Phi) is 50.4. The molecule has 64 heavy (non-hydrogen) atoms. The van der Waals surface area contributed by atoms with E-state index in [4.69, 9.17) is 14.2 Å². The van der Waals surface area contributed by atoms with Crippen molar-refractivity contribution in [3.8, 4) is 0 Å². The maximum absolute atomic E-state index is 12.8. The highest BCUT2D eigenvalue weighted by Crippen LogP contribution is 2.14. The van der Waals surface area contributed by atoms with Crippen molar-refractivity contribution in [3.63, 3.8) is 0 Å². The van der Waals surface area contributed by atoms with Gasteiger partial charge in [-0.3, -0.25) is 14.4 Å². The first-order chi connectivity index (χ1) is 31.5. The predicted molar refractivity (Wildman–Crippen MR) is 275 cm³/mol. The van der Waals surface area contributed by atoms with E-state index in [1.807, 2.05) is 0 Å². The first-order valence-corrected chi connectivity index (χ1v) is 27.3. The Bertz CT molecular complexity index is 1170. The Balaban J connectivity index is 4.39. The van der Waals surface area contributed by atoms with Gasteiger partial charge in [0.1, 0.15) is 13.2 Å². The molecule has 0 aromatic heterocycles. The number of ether oxygens (including phenoxy) is 3. The van der Waals surface area contributed by atoms with E-state index in [1.54, 1.807) is 0 Å². The van der Waals surface area contributed by atoms with E-state index in [0.29, 0.717) is 19.3 Å². The summed E-state index contributed by atoms with van der Waals surface area (Å²) in [7, 11) is 0. The van der Waals surface area contributed by atoms with Crippen LogP contribution in [0.4, 0.5) is 0 Å². The quantitative estimate of drug-likeness (QED) is 0.0262. The Hall–Kier alpha value is -2.89. The lowest BCUT2D eigenvalue weighted by molar-refractivity contribution is -0.167. The summed E-state index contributed by atoms with van der Waals surface area (Å²) >= 11 is 0. The topological polar surface area (TPSA) is 78.9 Å². The van der Waals surface area contributed by atoms with Crippen molar-refractivity contribution >= 4 is 17.9 Å². The van der Waals surface area contributed by atoms with Crippen LogP contribution in [0.25, 0.3) is 0 Å². The fraction of sp³-hybridized carbons (Fsp3) is 0.776. The van der Waals surface area contributed by atoms with E-state index in [2.05, 4.69) is 81.5 Å². The molecule has 1 atom stereocenters. The number of rotatable bonds is 49. The van der Waals surface area contributed by atoms with E-state index in [1.165, 1.54) is 141 Å². The summed E-state index contributed by atoms with van der Waals surface area (Å²) in [4.78, 5) is 38.0. The summed E-state index contributed by atoms with van der Waals surface area (Å²) in [5, 5.41) is 0. The van der Waals surface area contributed by atoms with Crippen LogP contribution in [-0.4, -0.2) is 37.2 Å². The van der Waals surface area contributed by atoms with Crippen molar-refractivity contribution < 1.29 is 28.6 Å². The summed E-state index contributed by atoms with van der Waals surface area (Å²) < 4.78 is 16.8. The molecule has 1 unspecified atom stereocenters. The summed E-state index contributed by atoms with van der Waals surface area (Å²) in [6.45, 7) is 6.56. The van der Waals surface area contributed by atoms with Gasteiger partial charge in [0.05, 0.1) is 0 Å². The van der Waals surface area contributed by atoms with Crippen LogP contribution in [0.1, 0.15) is 271 Å². The van der Waals surface area contributed by atoms with Gasteiger partial charge in [0.2, 0.25) is 0 Å². The van der Waals surface area contributed by atoms with Crippen LogP contribution in [0.5, 0.6) is 0 Å². The first kappa shape index (κ1) is 61.1. The van der Waals surface area contributed by atoms with Gasteiger partial charge in [0.25, 0.3) is 0 Å². The molecule has 0 bridgehead atoms. The minimum Gasteiger partial charge on any atom is -0.462 e. The molecule has 0 fully saturated rings. The zero-order valence-corrected chi connectivity index (χ0v) is 42.3. The molecular formula is C58H102O6. The highest BCUT2D eigenvalue weighted by Gasteiger charge is 2.19. The fourth-order valence-electron chi connectivity index (χ4n) is 7.56. The van der Waals surface area contributed by atoms with Crippen molar-refractivity contribution in [2.75, 3.05) is 13.2 Å². The normalized spacial score (nSPS) is 12.5. The average molecular weight is 895 g/mol. The molecule has 0 radical (unpaired) electrons. The summed E-state index contributed by atoms with van der Waals surface area (Å²) in [6.07, 6.45) is 64.8. The number of unbranched alkanes of at least 4 members (excludes halogenated alkanes) is 28. The van der Waals surface area contributed by atoms with Crippen molar-refractivity contribution in [3.05, 3.63) is 60.8 Å². The van der Waals surface area contributed by atoms with E-state index < -0.39 is 6.10 Å². The molecule has 0 heterocycles. The molecule has 370 valence electrons. The number of esters is 3. The van der Waals surface area contributed by atoms with Crippen molar-refractivity contribution in [2.45, 2.75) is 277 Å². The van der Waals surface area contributed by atoms with Gasteiger partial charge in [-0.2, -0.15) is 0 Å². The van der Waals surface area contributed by atoms with Crippen LogP contribution >= 0.6 is 0 Å². The van der Waals surface area contributed by atoms with Crippen molar-refractivity contribution in [2.24, 2.45) is 0 Å². The number of hydrogen-bond acceptors (Lipinski definition) is 6. The molecule has 0 amide bonds. The Morgan fingerprint density at radius 1 is 0.312 bits per heavy atom. The third-order valence-electron chi connectivity index (χ3n) is 11.7.